The summed E-state index contributed by atoms with van der Waals surface area (Å²) in [6.07, 6.45) is 3.30. The van der Waals surface area contributed by atoms with Crippen LogP contribution in [0.5, 0.6) is 5.75 Å². The van der Waals surface area contributed by atoms with Crippen LogP contribution in [0.4, 0.5) is 22.9 Å². The Balaban J connectivity index is 1.19. The molecule has 0 unspecified atom stereocenters. The zero-order valence-corrected chi connectivity index (χ0v) is 20.2. The first-order valence-electron chi connectivity index (χ1n) is 11.6. The number of halogens is 1. The third-order valence-corrected chi connectivity index (χ3v) is 6.98. The van der Waals surface area contributed by atoms with Crippen molar-refractivity contribution in [3.8, 4) is 5.75 Å². The Bertz CT molecular complexity index is 1380. The molecule has 4 aromatic rings. The van der Waals surface area contributed by atoms with Crippen molar-refractivity contribution in [3.05, 3.63) is 71.8 Å². The van der Waals surface area contributed by atoms with Crippen LogP contribution in [0.1, 0.15) is 5.69 Å². The average molecular weight is 488 g/mol. The molecular weight excluding hydrogens is 462 g/mol. The first-order valence-corrected chi connectivity index (χ1v) is 11.9. The predicted octanol–water partition coefficient (Wildman–Crippen LogP) is 4.33. The lowest BCUT2D eigenvalue weighted by atomic mass is 9.73. The van der Waals surface area contributed by atoms with Gasteiger partial charge in [0.2, 0.25) is 0 Å². The van der Waals surface area contributed by atoms with Crippen molar-refractivity contribution in [2.45, 2.75) is 6.61 Å². The van der Waals surface area contributed by atoms with Crippen molar-refractivity contribution in [1.29, 1.82) is 0 Å². The van der Waals surface area contributed by atoms with Gasteiger partial charge in [-0.2, -0.15) is 0 Å². The van der Waals surface area contributed by atoms with Crippen molar-refractivity contribution in [3.63, 3.8) is 0 Å². The Morgan fingerprint density at radius 2 is 1.91 bits per heavy atom. The summed E-state index contributed by atoms with van der Waals surface area (Å²) in [5.41, 5.74) is 11.2. The fourth-order valence-corrected chi connectivity index (χ4v) is 5.42. The van der Waals surface area contributed by atoms with E-state index in [0.717, 1.165) is 59.8 Å². The van der Waals surface area contributed by atoms with E-state index in [1.165, 1.54) is 0 Å². The highest BCUT2D eigenvalue weighted by molar-refractivity contribution is 6.32. The number of nitrogens with zero attached hydrogens (tertiary/aromatic N) is 5. The maximum absolute atomic E-state index is 6.49. The minimum atomic E-state index is 0.348. The molecule has 178 valence electrons. The Morgan fingerprint density at radius 3 is 2.66 bits per heavy atom. The second kappa shape index (κ2) is 8.55. The van der Waals surface area contributed by atoms with Crippen LogP contribution in [0.15, 0.2) is 61.1 Å². The maximum atomic E-state index is 6.49. The maximum Gasteiger partial charge on any atom is 0.141 e. The van der Waals surface area contributed by atoms with Gasteiger partial charge in [-0.25, -0.2) is 9.97 Å². The van der Waals surface area contributed by atoms with Gasteiger partial charge in [-0.05, 0) is 49.5 Å². The molecule has 2 aliphatic heterocycles. The highest BCUT2D eigenvalue weighted by atomic mass is 35.5. The van der Waals surface area contributed by atoms with Gasteiger partial charge in [0.1, 0.15) is 24.5 Å². The molecule has 3 N–H and O–H groups in total. The molecule has 2 aromatic heterocycles. The number of fused-ring (bicyclic) bond motifs is 1. The summed E-state index contributed by atoms with van der Waals surface area (Å²) in [7, 11) is 2.17. The lowest BCUT2D eigenvalue weighted by Gasteiger charge is -2.60. The van der Waals surface area contributed by atoms with Gasteiger partial charge in [-0.1, -0.05) is 17.7 Å². The van der Waals surface area contributed by atoms with E-state index in [4.69, 9.17) is 22.1 Å². The van der Waals surface area contributed by atoms with Crippen LogP contribution in [-0.2, 0) is 6.61 Å². The van der Waals surface area contributed by atoms with E-state index in [0.29, 0.717) is 28.6 Å². The number of aromatic nitrogens is 3. The Labute approximate surface area is 208 Å². The molecular formula is C26H26ClN7O. The quantitative estimate of drug-likeness (QED) is 0.388. The minimum Gasteiger partial charge on any atom is -0.486 e. The predicted molar refractivity (Wildman–Crippen MR) is 139 cm³/mol. The highest BCUT2D eigenvalue weighted by Gasteiger charge is 2.50. The smallest absolute Gasteiger partial charge is 0.141 e. The van der Waals surface area contributed by atoms with Gasteiger partial charge in [0, 0.05) is 48.9 Å². The van der Waals surface area contributed by atoms with E-state index in [-0.39, 0.29) is 0 Å². The summed E-state index contributed by atoms with van der Waals surface area (Å²) < 4.78 is 5.83. The van der Waals surface area contributed by atoms with E-state index in [1.54, 1.807) is 12.5 Å². The number of nitrogens with two attached hydrogens (primary N) is 1. The van der Waals surface area contributed by atoms with E-state index in [9.17, 15) is 0 Å². The fourth-order valence-electron chi connectivity index (χ4n) is 5.18. The minimum absolute atomic E-state index is 0.348. The topological polar surface area (TPSA) is 92.4 Å². The van der Waals surface area contributed by atoms with Crippen molar-refractivity contribution in [2.24, 2.45) is 5.41 Å². The second-order valence-corrected chi connectivity index (χ2v) is 9.97. The number of anilines is 4. The summed E-state index contributed by atoms with van der Waals surface area (Å²) in [6, 6.07) is 15.3. The highest BCUT2D eigenvalue weighted by Crippen LogP contribution is 2.44. The molecule has 1 spiro atoms. The molecule has 2 aliphatic rings. The molecule has 4 heterocycles. The largest absolute Gasteiger partial charge is 0.486 e. The molecule has 2 aromatic carbocycles. The van der Waals surface area contributed by atoms with Crippen LogP contribution in [0, 0.1) is 5.41 Å². The average Bonchev–Trinajstić information content (AvgIpc) is 2.81. The van der Waals surface area contributed by atoms with Crippen LogP contribution >= 0.6 is 11.6 Å². The zero-order chi connectivity index (χ0) is 24.0. The van der Waals surface area contributed by atoms with E-state index in [2.05, 4.69) is 43.2 Å². The van der Waals surface area contributed by atoms with E-state index in [1.807, 2.05) is 42.5 Å². The van der Waals surface area contributed by atoms with Crippen LogP contribution in [0.2, 0.25) is 5.02 Å². The van der Waals surface area contributed by atoms with Gasteiger partial charge in [0.05, 0.1) is 27.6 Å². The van der Waals surface area contributed by atoms with Crippen LogP contribution < -0.4 is 20.7 Å². The molecule has 0 amide bonds. The fraction of sp³-hybridized carbons (Fsp3) is 0.269. The van der Waals surface area contributed by atoms with Gasteiger partial charge in [0.15, 0.2) is 0 Å². The van der Waals surface area contributed by atoms with Crippen molar-refractivity contribution >= 4 is 45.4 Å². The summed E-state index contributed by atoms with van der Waals surface area (Å²) >= 11 is 6.49. The van der Waals surface area contributed by atoms with Crippen LogP contribution in [0.25, 0.3) is 10.9 Å². The van der Waals surface area contributed by atoms with E-state index < -0.39 is 0 Å². The standard InChI is InChI=1S/C26H26ClN7O/c1-33-12-26(13-33)14-34(15-26)23-10-22-19(9-21(23)28)25(31-16-30-22)32-17-5-6-24(20(27)8-17)35-11-18-4-2-3-7-29-18/h2-10,16H,11-15,28H2,1H3,(H,30,31,32). The Morgan fingerprint density at radius 1 is 1.06 bits per heavy atom. The summed E-state index contributed by atoms with van der Waals surface area (Å²) in [6.45, 7) is 4.73. The number of likely N-dealkylation sites (tertiary alicyclic amines) is 1. The molecule has 0 aliphatic carbocycles. The molecule has 35 heavy (non-hydrogen) atoms. The van der Waals surface area contributed by atoms with Gasteiger partial charge in [-0.15, -0.1) is 0 Å². The number of pyridine rings is 1. The third-order valence-electron chi connectivity index (χ3n) is 6.68. The third kappa shape index (κ3) is 4.19. The summed E-state index contributed by atoms with van der Waals surface area (Å²) in [5, 5.41) is 4.71. The first kappa shape index (κ1) is 21.9. The zero-order valence-electron chi connectivity index (χ0n) is 19.4. The molecule has 0 bridgehead atoms. The van der Waals surface area contributed by atoms with Crippen molar-refractivity contribution in [2.75, 3.05) is 49.2 Å². The number of ether oxygens (including phenoxy) is 1. The Kier molecular flexibility index (Phi) is 5.35. The monoisotopic (exact) mass is 487 g/mol. The second-order valence-electron chi connectivity index (χ2n) is 9.56. The summed E-state index contributed by atoms with van der Waals surface area (Å²) in [4.78, 5) is 17.9. The van der Waals surface area contributed by atoms with Gasteiger partial charge in [0.25, 0.3) is 0 Å². The van der Waals surface area contributed by atoms with Gasteiger partial charge < -0.3 is 25.6 Å². The van der Waals surface area contributed by atoms with Gasteiger partial charge in [-0.3, -0.25) is 4.98 Å². The first-order chi connectivity index (χ1) is 17.0. The van der Waals surface area contributed by atoms with Gasteiger partial charge >= 0.3 is 0 Å². The molecule has 0 atom stereocenters. The normalized spacial score (nSPS) is 16.7. The lowest BCUT2D eigenvalue weighted by Crippen LogP contribution is -2.71. The van der Waals surface area contributed by atoms with Crippen LogP contribution in [-0.4, -0.2) is 53.1 Å². The number of nitrogen functional groups attached to an aromatic ring is 1. The number of benzene rings is 2. The number of rotatable bonds is 6. The number of hydrogen-bond acceptors (Lipinski definition) is 8. The van der Waals surface area contributed by atoms with Crippen LogP contribution in [0.3, 0.4) is 0 Å². The number of hydrogen-bond donors (Lipinski definition) is 2. The Hall–Kier alpha value is -3.62. The molecule has 2 saturated heterocycles. The van der Waals surface area contributed by atoms with Crippen molar-refractivity contribution in [1.82, 2.24) is 19.9 Å². The molecule has 0 radical (unpaired) electrons. The molecule has 9 heteroatoms. The molecule has 0 saturated carbocycles. The lowest BCUT2D eigenvalue weighted by molar-refractivity contribution is -0.00230. The number of nitrogens with one attached hydrogen (secondary N) is 1. The van der Waals surface area contributed by atoms with Crippen molar-refractivity contribution < 1.29 is 4.74 Å². The molecule has 8 nitrogen and oxygen atoms in total. The summed E-state index contributed by atoms with van der Waals surface area (Å²) in [5.74, 6) is 1.27. The SMILES string of the molecule is CN1CC2(C1)CN(c1cc3ncnc(Nc4ccc(OCc5ccccn5)c(Cl)c4)c3cc1N)C2. The molecule has 2 fully saturated rings. The van der Waals surface area contributed by atoms with E-state index >= 15 is 0 Å². The molecule has 6 rings (SSSR count).